The van der Waals surface area contributed by atoms with Gasteiger partial charge in [0.1, 0.15) is 0 Å². The summed E-state index contributed by atoms with van der Waals surface area (Å²) in [4.78, 5) is 0. The van der Waals surface area contributed by atoms with Crippen LogP contribution in [0.4, 0.5) is 0 Å². The third kappa shape index (κ3) is 4.65. The Labute approximate surface area is 84.7 Å². The third-order valence-electron chi connectivity index (χ3n) is 1.64. The smallest absolute Gasteiger partial charge is 0.0254 e. The van der Waals surface area contributed by atoms with Gasteiger partial charge in [-0.15, -0.1) is 0 Å². The fraction of sp³-hybridized carbons (Fsp3) is 0.333. The van der Waals surface area contributed by atoms with Crippen LogP contribution < -0.4 is 0 Å². The maximum Gasteiger partial charge on any atom is 0.0254 e. The van der Waals surface area contributed by atoms with Crippen molar-refractivity contribution >= 4 is 11.8 Å². The zero-order valence-corrected chi connectivity index (χ0v) is 8.73. The van der Waals surface area contributed by atoms with Gasteiger partial charge in [-0.1, -0.05) is 49.2 Å². The summed E-state index contributed by atoms with van der Waals surface area (Å²) in [5.74, 6) is 4.27. The van der Waals surface area contributed by atoms with Gasteiger partial charge in [0.25, 0.3) is 0 Å². The number of thioether (sulfide) groups is 1. The van der Waals surface area contributed by atoms with Crippen molar-refractivity contribution in [3.05, 3.63) is 35.9 Å². The molecule has 1 rings (SSSR count). The topological polar surface area (TPSA) is 0 Å². The van der Waals surface area contributed by atoms with E-state index in [4.69, 9.17) is 0 Å². The Morgan fingerprint density at radius 2 is 2.00 bits per heavy atom. The highest BCUT2D eigenvalue weighted by atomic mass is 32.2. The van der Waals surface area contributed by atoms with Gasteiger partial charge in [0, 0.05) is 11.3 Å². The number of rotatable bonds is 3. The molecule has 0 aromatic heterocycles. The first-order chi connectivity index (χ1) is 6.43. The molecule has 0 unspecified atom stereocenters. The molecule has 0 aliphatic rings. The highest BCUT2D eigenvalue weighted by Gasteiger charge is 1.83. The van der Waals surface area contributed by atoms with Crippen LogP contribution in [0, 0.1) is 11.2 Å². The molecule has 0 radical (unpaired) electrons. The minimum absolute atomic E-state index is 1.10. The van der Waals surface area contributed by atoms with Gasteiger partial charge in [-0.25, -0.2) is 0 Å². The van der Waals surface area contributed by atoms with Gasteiger partial charge in [0.15, 0.2) is 0 Å². The van der Waals surface area contributed by atoms with E-state index in [1.807, 2.05) is 30.3 Å². The Balaban J connectivity index is 2.31. The minimum atomic E-state index is 1.10. The summed E-state index contributed by atoms with van der Waals surface area (Å²) >= 11 is 1.71. The first kappa shape index (κ1) is 10.2. The molecular weight excluding hydrogens is 176 g/mol. The van der Waals surface area contributed by atoms with E-state index in [1.165, 1.54) is 12.8 Å². The molecule has 0 atom stereocenters. The van der Waals surface area contributed by atoms with Gasteiger partial charge in [-0.2, -0.15) is 0 Å². The minimum Gasteiger partial charge on any atom is -0.0747 e. The average Bonchev–Trinajstić information content (AvgIpc) is 2.19. The molecule has 0 saturated carbocycles. The maximum atomic E-state index is 3.12. The summed E-state index contributed by atoms with van der Waals surface area (Å²) in [5.41, 5.74) is 1.10. The molecule has 1 aromatic rings. The van der Waals surface area contributed by atoms with Gasteiger partial charge in [0.2, 0.25) is 0 Å². The van der Waals surface area contributed by atoms with E-state index >= 15 is 0 Å². The van der Waals surface area contributed by atoms with Crippen LogP contribution in [-0.4, -0.2) is 5.75 Å². The van der Waals surface area contributed by atoms with Crippen LogP contribution in [0.25, 0.3) is 0 Å². The lowest BCUT2D eigenvalue weighted by molar-refractivity contribution is 0.898. The molecule has 0 N–H and O–H groups in total. The highest BCUT2D eigenvalue weighted by Crippen LogP contribution is 2.03. The fourth-order valence-corrected chi connectivity index (χ4v) is 1.61. The average molecular weight is 190 g/mol. The molecule has 0 amide bonds. The third-order valence-corrected chi connectivity index (χ3v) is 2.38. The lowest BCUT2D eigenvalue weighted by Crippen LogP contribution is -1.73. The first-order valence-corrected chi connectivity index (χ1v) is 5.60. The van der Waals surface area contributed by atoms with Crippen molar-refractivity contribution in [1.82, 2.24) is 0 Å². The summed E-state index contributed by atoms with van der Waals surface area (Å²) < 4.78 is 0. The lowest BCUT2D eigenvalue weighted by Gasteiger charge is -1.88. The second-order valence-corrected chi connectivity index (χ2v) is 3.70. The molecule has 1 heteroatoms. The van der Waals surface area contributed by atoms with Gasteiger partial charge in [0.05, 0.1) is 0 Å². The Morgan fingerprint density at radius 1 is 1.23 bits per heavy atom. The molecule has 0 aliphatic carbocycles. The zero-order chi connectivity index (χ0) is 9.36. The number of benzene rings is 1. The largest absolute Gasteiger partial charge is 0.0747 e. The highest BCUT2D eigenvalue weighted by molar-refractivity contribution is 8.03. The van der Waals surface area contributed by atoms with Crippen LogP contribution in [0.15, 0.2) is 30.3 Å². The molecule has 0 bridgehead atoms. The molecule has 13 heavy (non-hydrogen) atoms. The van der Waals surface area contributed by atoms with E-state index in [2.05, 4.69) is 18.1 Å². The number of hydrogen-bond acceptors (Lipinski definition) is 1. The summed E-state index contributed by atoms with van der Waals surface area (Å²) in [6.07, 6.45) is 2.51. The number of hydrogen-bond donors (Lipinski definition) is 0. The van der Waals surface area contributed by atoms with Gasteiger partial charge < -0.3 is 0 Å². The van der Waals surface area contributed by atoms with E-state index < -0.39 is 0 Å². The summed E-state index contributed by atoms with van der Waals surface area (Å²) in [5, 5.41) is 3.10. The van der Waals surface area contributed by atoms with Crippen molar-refractivity contribution in [3.63, 3.8) is 0 Å². The Bertz CT molecular complexity index is 279. The quantitative estimate of drug-likeness (QED) is 0.519. The van der Waals surface area contributed by atoms with E-state index in [0.717, 1.165) is 11.3 Å². The standard InChI is InChI=1S/C12H14S/c1-2-3-10-13-11-9-12-7-5-4-6-8-12/h4-8H,2-3,10H2,1H3. The lowest BCUT2D eigenvalue weighted by atomic mass is 10.2. The molecule has 0 heterocycles. The van der Waals surface area contributed by atoms with Crippen LogP contribution >= 0.6 is 11.8 Å². The summed E-state index contributed by atoms with van der Waals surface area (Å²) in [6, 6.07) is 10.1. The normalized spacial score (nSPS) is 9.00. The Hall–Kier alpha value is -0.870. The second-order valence-electron chi connectivity index (χ2n) is 2.80. The Kier molecular flexibility index (Phi) is 5.20. The molecular formula is C12H14S. The van der Waals surface area contributed by atoms with Crippen molar-refractivity contribution in [3.8, 4) is 11.2 Å². The van der Waals surface area contributed by atoms with Crippen molar-refractivity contribution in [1.29, 1.82) is 0 Å². The SMILES string of the molecule is CCCCSC#Cc1ccccc1. The molecule has 68 valence electrons. The van der Waals surface area contributed by atoms with Gasteiger partial charge in [-0.05, 0) is 23.8 Å². The van der Waals surface area contributed by atoms with Gasteiger partial charge in [-0.3, -0.25) is 0 Å². The monoisotopic (exact) mass is 190 g/mol. The fourth-order valence-electron chi connectivity index (χ4n) is 0.884. The van der Waals surface area contributed by atoms with Crippen LogP contribution in [0.3, 0.4) is 0 Å². The summed E-state index contributed by atoms with van der Waals surface area (Å²) in [6.45, 7) is 2.20. The van der Waals surface area contributed by atoms with Crippen LogP contribution in [0.1, 0.15) is 25.3 Å². The molecule has 0 aliphatic heterocycles. The van der Waals surface area contributed by atoms with E-state index in [0.29, 0.717) is 0 Å². The summed E-state index contributed by atoms with van der Waals surface area (Å²) in [7, 11) is 0. The first-order valence-electron chi connectivity index (χ1n) is 4.61. The maximum absolute atomic E-state index is 3.12. The van der Waals surface area contributed by atoms with E-state index in [-0.39, 0.29) is 0 Å². The van der Waals surface area contributed by atoms with E-state index in [9.17, 15) is 0 Å². The molecule has 0 fully saturated rings. The van der Waals surface area contributed by atoms with Crippen LogP contribution in [-0.2, 0) is 0 Å². The van der Waals surface area contributed by atoms with Crippen molar-refractivity contribution in [2.24, 2.45) is 0 Å². The van der Waals surface area contributed by atoms with Crippen molar-refractivity contribution in [2.75, 3.05) is 5.75 Å². The Morgan fingerprint density at radius 3 is 2.69 bits per heavy atom. The molecule has 0 spiro atoms. The van der Waals surface area contributed by atoms with Crippen LogP contribution in [0.5, 0.6) is 0 Å². The predicted octanol–water partition coefficient (Wildman–Crippen LogP) is 3.53. The van der Waals surface area contributed by atoms with Crippen molar-refractivity contribution in [2.45, 2.75) is 19.8 Å². The van der Waals surface area contributed by atoms with Crippen LogP contribution in [0.2, 0.25) is 0 Å². The predicted molar refractivity (Wildman–Crippen MR) is 60.7 cm³/mol. The molecule has 1 aromatic carbocycles. The van der Waals surface area contributed by atoms with Crippen molar-refractivity contribution < 1.29 is 0 Å². The van der Waals surface area contributed by atoms with Gasteiger partial charge >= 0.3 is 0 Å². The molecule has 0 nitrogen and oxygen atoms in total. The van der Waals surface area contributed by atoms with E-state index in [1.54, 1.807) is 11.8 Å². The second kappa shape index (κ2) is 6.62. The molecule has 0 saturated heterocycles. The number of unbranched alkanes of at least 4 members (excludes halogenated alkanes) is 1. The zero-order valence-electron chi connectivity index (χ0n) is 7.92.